The summed E-state index contributed by atoms with van der Waals surface area (Å²) in [6, 6.07) is 12.6. The van der Waals surface area contributed by atoms with Gasteiger partial charge < -0.3 is 10.0 Å². The Morgan fingerprint density at radius 1 is 1.32 bits per heavy atom. The Bertz CT molecular complexity index is 968. The molecule has 144 valence electrons. The number of carboxylic acids is 1. The zero-order valence-corrected chi connectivity index (χ0v) is 16.8. The molecule has 1 atom stereocenters. The van der Waals surface area contributed by atoms with Gasteiger partial charge in [0.1, 0.15) is 0 Å². The third-order valence-electron chi connectivity index (χ3n) is 5.69. The molecule has 2 heterocycles. The fraction of sp³-hybridized carbons (Fsp3) is 0.304. The molecule has 3 aromatic rings. The Labute approximate surface area is 169 Å². The highest BCUT2D eigenvalue weighted by molar-refractivity contribution is 7.14. The van der Waals surface area contributed by atoms with Crippen molar-refractivity contribution in [3.63, 3.8) is 0 Å². The molecule has 4 rings (SSSR count). The van der Waals surface area contributed by atoms with E-state index in [4.69, 9.17) is 0 Å². The van der Waals surface area contributed by atoms with Crippen molar-refractivity contribution in [3.8, 4) is 0 Å². The fourth-order valence-corrected chi connectivity index (χ4v) is 4.88. The van der Waals surface area contributed by atoms with Crippen molar-refractivity contribution in [2.75, 3.05) is 11.9 Å². The molecule has 0 saturated heterocycles. The van der Waals surface area contributed by atoms with Gasteiger partial charge in [-0.05, 0) is 90.4 Å². The molecule has 0 saturated carbocycles. The highest BCUT2D eigenvalue weighted by Crippen LogP contribution is 2.38. The fourth-order valence-electron chi connectivity index (χ4n) is 4.16. The monoisotopic (exact) mass is 392 g/mol. The van der Waals surface area contributed by atoms with Crippen LogP contribution in [0, 0.1) is 0 Å². The molecular formula is C23H24N2O2S. The lowest BCUT2D eigenvalue weighted by Crippen LogP contribution is -2.14. The first-order valence-corrected chi connectivity index (χ1v) is 10.6. The minimum Gasteiger partial charge on any atom is -0.478 e. The molecule has 0 spiro atoms. The van der Waals surface area contributed by atoms with E-state index in [1.165, 1.54) is 28.2 Å². The minimum absolute atomic E-state index is 0.374. The number of pyridine rings is 1. The van der Waals surface area contributed by atoms with Crippen LogP contribution in [0.25, 0.3) is 0 Å². The number of nitrogens with zero attached hydrogens (tertiary/aromatic N) is 2. The quantitative estimate of drug-likeness (QED) is 0.588. The highest BCUT2D eigenvalue weighted by atomic mass is 32.1. The highest BCUT2D eigenvalue weighted by Gasteiger charge is 2.22. The summed E-state index contributed by atoms with van der Waals surface area (Å²) in [7, 11) is 2.11. The van der Waals surface area contributed by atoms with Crippen molar-refractivity contribution in [1.29, 1.82) is 0 Å². The number of fused-ring (bicyclic) bond motifs is 1. The van der Waals surface area contributed by atoms with Gasteiger partial charge in [-0.25, -0.2) is 4.79 Å². The van der Waals surface area contributed by atoms with Crippen LogP contribution in [0.2, 0.25) is 0 Å². The van der Waals surface area contributed by atoms with Crippen molar-refractivity contribution in [2.24, 2.45) is 0 Å². The Morgan fingerprint density at radius 3 is 3.00 bits per heavy atom. The predicted molar refractivity (Wildman–Crippen MR) is 114 cm³/mol. The van der Waals surface area contributed by atoms with Crippen molar-refractivity contribution in [1.82, 2.24) is 4.98 Å². The van der Waals surface area contributed by atoms with Gasteiger partial charge in [0.2, 0.25) is 0 Å². The summed E-state index contributed by atoms with van der Waals surface area (Å²) in [5.41, 5.74) is 5.29. The number of aromatic carboxylic acids is 1. The number of rotatable bonds is 6. The average molecular weight is 393 g/mol. The molecule has 5 heteroatoms. The number of carbonyl (C=O) groups is 1. The van der Waals surface area contributed by atoms with E-state index in [1.54, 1.807) is 29.8 Å². The van der Waals surface area contributed by atoms with E-state index >= 15 is 0 Å². The van der Waals surface area contributed by atoms with Gasteiger partial charge in [-0.15, -0.1) is 11.3 Å². The van der Waals surface area contributed by atoms with Gasteiger partial charge in [0, 0.05) is 25.1 Å². The van der Waals surface area contributed by atoms with E-state index in [0.717, 1.165) is 31.2 Å². The van der Waals surface area contributed by atoms with Crippen LogP contribution in [0.3, 0.4) is 0 Å². The maximum absolute atomic E-state index is 11.4. The first-order chi connectivity index (χ1) is 13.6. The molecule has 0 amide bonds. The van der Waals surface area contributed by atoms with E-state index in [2.05, 4.69) is 52.6 Å². The Kier molecular flexibility index (Phi) is 5.44. The van der Waals surface area contributed by atoms with Crippen LogP contribution >= 0.6 is 11.3 Å². The van der Waals surface area contributed by atoms with Crippen molar-refractivity contribution in [2.45, 2.75) is 38.0 Å². The summed E-state index contributed by atoms with van der Waals surface area (Å²) in [4.78, 5) is 17.8. The average Bonchev–Trinajstić information content (AvgIpc) is 3.26. The number of hydrogen-bond acceptors (Lipinski definition) is 4. The van der Waals surface area contributed by atoms with Crippen LogP contribution in [-0.2, 0) is 12.8 Å². The van der Waals surface area contributed by atoms with E-state index in [0.29, 0.717) is 11.5 Å². The van der Waals surface area contributed by atoms with E-state index in [-0.39, 0.29) is 0 Å². The van der Waals surface area contributed by atoms with E-state index in [1.807, 2.05) is 0 Å². The van der Waals surface area contributed by atoms with Crippen LogP contribution in [0.1, 0.15) is 52.2 Å². The van der Waals surface area contributed by atoms with Gasteiger partial charge in [0.05, 0.1) is 10.6 Å². The Morgan fingerprint density at radius 2 is 2.21 bits per heavy atom. The third kappa shape index (κ3) is 3.80. The number of hydrogen-bond donors (Lipinski definition) is 1. The third-order valence-corrected chi connectivity index (χ3v) is 6.63. The maximum Gasteiger partial charge on any atom is 0.336 e. The lowest BCUT2D eigenvalue weighted by atomic mass is 9.79. The second-order valence-electron chi connectivity index (χ2n) is 7.36. The molecule has 4 nitrogen and oxygen atoms in total. The van der Waals surface area contributed by atoms with Crippen LogP contribution in [0.15, 0.2) is 54.2 Å². The molecule has 0 fully saturated rings. The van der Waals surface area contributed by atoms with Gasteiger partial charge in [-0.3, -0.25) is 4.98 Å². The Hall–Kier alpha value is -2.66. The van der Waals surface area contributed by atoms with Gasteiger partial charge in [0.25, 0.3) is 0 Å². The summed E-state index contributed by atoms with van der Waals surface area (Å²) in [6.45, 7) is 0. The number of thiophene rings is 1. The van der Waals surface area contributed by atoms with Crippen LogP contribution in [0.4, 0.5) is 10.7 Å². The lowest BCUT2D eigenvalue weighted by molar-refractivity contribution is 0.0695. The molecule has 1 aliphatic carbocycles. The molecule has 0 aliphatic heterocycles. The molecule has 28 heavy (non-hydrogen) atoms. The van der Waals surface area contributed by atoms with Crippen molar-refractivity contribution < 1.29 is 9.90 Å². The van der Waals surface area contributed by atoms with Crippen LogP contribution in [-0.4, -0.2) is 23.1 Å². The van der Waals surface area contributed by atoms with Gasteiger partial charge in [-0.1, -0.05) is 6.07 Å². The molecule has 1 aromatic carbocycles. The normalized spacial score (nSPS) is 15.8. The topological polar surface area (TPSA) is 53.4 Å². The van der Waals surface area contributed by atoms with Crippen LogP contribution in [0.5, 0.6) is 0 Å². The largest absolute Gasteiger partial charge is 0.478 e. The molecule has 1 aliphatic rings. The summed E-state index contributed by atoms with van der Waals surface area (Å²) < 4.78 is 0. The molecule has 2 aromatic heterocycles. The number of aromatic nitrogens is 1. The van der Waals surface area contributed by atoms with Crippen molar-refractivity contribution >= 4 is 28.0 Å². The van der Waals surface area contributed by atoms with Crippen molar-refractivity contribution in [3.05, 3.63) is 76.4 Å². The van der Waals surface area contributed by atoms with Gasteiger partial charge in [0.15, 0.2) is 0 Å². The zero-order valence-electron chi connectivity index (χ0n) is 16.0. The van der Waals surface area contributed by atoms with E-state index in [9.17, 15) is 9.90 Å². The smallest absolute Gasteiger partial charge is 0.336 e. The first kappa shape index (κ1) is 18.7. The number of carboxylic acid groups (broad SMARTS) is 1. The zero-order chi connectivity index (χ0) is 19.5. The van der Waals surface area contributed by atoms with Crippen LogP contribution < -0.4 is 4.90 Å². The number of aryl methyl sites for hydroxylation is 2. The summed E-state index contributed by atoms with van der Waals surface area (Å²) in [6.07, 6.45) is 8.42. The predicted octanol–water partition coefficient (Wildman–Crippen LogP) is 5.66. The summed E-state index contributed by atoms with van der Waals surface area (Å²) in [5.74, 6) is -0.394. The minimum atomic E-state index is -0.872. The SMILES string of the molecule is CN(c1ccc2c(c1)CCC[C@H]2CCc1cnccc1C(=O)O)c1cccs1. The van der Waals surface area contributed by atoms with Gasteiger partial charge >= 0.3 is 5.97 Å². The van der Waals surface area contributed by atoms with E-state index < -0.39 is 5.97 Å². The second kappa shape index (κ2) is 8.15. The van der Waals surface area contributed by atoms with Gasteiger partial charge in [-0.2, -0.15) is 0 Å². The maximum atomic E-state index is 11.4. The molecule has 0 radical (unpaired) electrons. The molecular weight excluding hydrogens is 368 g/mol. The molecule has 1 N–H and O–H groups in total. The standard InChI is InChI=1S/C23H24N2O2S/c1-25(22-6-3-13-28-22)19-9-10-20-16(4-2-5-17(20)14-19)7-8-18-15-24-12-11-21(18)23(26)27/h3,6,9-16H,2,4-5,7-8H2,1H3,(H,26,27)/t16-/m0/s1. The summed E-state index contributed by atoms with van der Waals surface area (Å²) >= 11 is 1.75. The number of benzene rings is 1. The first-order valence-electron chi connectivity index (χ1n) is 9.69. The summed E-state index contributed by atoms with van der Waals surface area (Å²) in [5, 5.41) is 12.7. The molecule has 0 bridgehead atoms. The lowest BCUT2D eigenvalue weighted by Gasteiger charge is -2.28. The molecule has 0 unspecified atom stereocenters. The Balaban J connectivity index is 1.52. The second-order valence-corrected chi connectivity index (χ2v) is 8.29. The number of anilines is 2.